The lowest BCUT2D eigenvalue weighted by molar-refractivity contribution is -0.107. The van der Waals surface area contributed by atoms with Crippen molar-refractivity contribution in [3.05, 3.63) is 12.2 Å². The molecule has 1 aliphatic carbocycles. The maximum atomic E-state index is 5.86. The standard InChI is InChI=1S/C15H26N6O.HI/c1-15(2)12(10-6-7-22-13(10)15)19-14(16-3)20(4)8-11-17-9-18-21(11)5;/h9-10,12-13H,6-8H2,1-5H3,(H,16,19);1H. The number of ether oxygens (including phenoxy) is 1. The molecule has 130 valence electrons. The first-order chi connectivity index (χ1) is 10.4. The van der Waals surface area contributed by atoms with Crippen molar-refractivity contribution in [3.8, 4) is 0 Å². The molecule has 1 aliphatic heterocycles. The summed E-state index contributed by atoms with van der Waals surface area (Å²) >= 11 is 0. The number of hydrogen-bond donors (Lipinski definition) is 1. The zero-order valence-electron chi connectivity index (χ0n) is 14.5. The first kappa shape index (κ1) is 18.4. The Bertz CT molecular complexity index is 572. The predicted molar refractivity (Wildman–Crippen MR) is 99.8 cm³/mol. The number of nitrogens with one attached hydrogen (secondary N) is 1. The molecule has 3 rings (SSSR count). The zero-order valence-corrected chi connectivity index (χ0v) is 16.8. The third-order valence-electron chi connectivity index (χ3n) is 5.14. The number of aromatic nitrogens is 3. The molecule has 7 nitrogen and oxygen atoms in total. The van der Waals surface area contributed by atoms with Gasteiger partial charge >= 0.3 is 0 Å². The molecular weight excluding hydrogens is 407 g/mol. The van der Waals surface area contributed by atoms with E-state index in [2.05, 4.69) is 39.1 Å². The maximum absolute atomic E-state index is 5.86. The topological polar surface area (TPSA) is 67.6 Å². The number of nitrogens with zero attached hydrogens (tertiary/aromatic N) is 5. The summed E-state index contributed by atoms with van der Waals surface area (Å²) in [6, 6.07) is 0.403. The van der Waals surface area contributed by atoms with Crippen LogP contribution in [0.15, 0.2) is 11.3 Å². The van der Waals surface area contributed by atoms with Gasteiger partial charge in [-0.05, 0) is 6.42 Å². The predicted octanol–water partition coefficient (Wildman–Crippen LogP) is 1.25. The van der Waals surface area contributed by atoms with Crippen LogP contribution in [0.3, 0.4) is 0 Å². The molecule has 2 aliphatic rings. The first-order valence-electron chi connectivity index (χ1n) is 7.84. The van der Waals surface area contributed by atoms with Crippen LogP contribution < -0.4 is 5.32 Å². The van der Waals surface area contributed by atoms with E-state index in [0.717, 1.165) is 24.8 Å². The molecule has 0 amide bonds. The average molecular weight is 434 g/mol. The maximum Gasteiger partial charge on any atom is 0.194 e. The molecule has 1 saturated carbocycles. The molecule has 23 heavy (non-hydrogen) atoms. The second-order valence-corrected chi connectivity index (χ2v) is 6.89. The van der Waals surface area contributed by atoms with Crippen LogP contribution in [-0.4, -0.2) is 58.5 Å². The van der Waals surface area contributed by atoms with Gasteiger partial charge < -0.3 is 15.0 Å². The zero-order chi connectivity index (χ0) is 15.9. The molecule has 3 atom stereocenters. The van der Waals surface area contributed by atoms with E-state index in [4.69, 9.17) is 4.74 Å². The number of rotatable bonds is 3. The summed E-state index contributed by atoms with van der Waals surface area (Å²) in [4.78, 5) is 10.8. The van der Waals surface area contributed by atoms with Gasteiger partial charge in [0.05, 0.1) is 12.6 Å². The Morgan fingerprint density at radius 2 is 2.30 bits per heavy atom. The molecule has 1 aromatic rings. The van der Waals surface area contributed by atoms with Crippen LogP contribution in [-0.2, 0) is 18.3 Å². The fourth-order valence-corrected chi connectivity index (χ4v) is 3.85. The minimum Gasteiger partial charge on any atom is -0.377 e. The van der Waals surface area contributed by atoms with Crippen molar-refractivity contribution in [2.24, 2.45) is 23.4 Å². The third kappa shape index (κ3) is 3.19. The largest absolute Gasteiger partial charge is 0.377 e. The Hall–Kier alpha value is -0.900. The Kier molecular flexibility index (Phi) is 5.55. The fraction of sp³-hybridized carbons (Fsp3) is 0.800. The Balaban J connectivity index is 0.00000192. The van der Waals surface area contributed by atoms with Crippen molar-refractivity contribution in [2.75, 3.05) is 20.7 Å². The SMILES string of the molecule is CN=C(NC1C2CCOC2C1(C)C)N(C)Cc1ncnn1C.I. The second-order valence-electron chi connectivity index (χ2n) is 6.89. The molecule has 8 heteroatoms. The van der Waals surface area contributed by atoms with Crippen LogP contribution in [0.1, 0.15) is 26.1 Å². The lowest BCUT2D eigenvalue weighted by atomic mass is 9.57. The first-order valence-corrected chi connectivity index (χ1v) is 7.84. The van der Waals surface area contributed by atoms with Crippen molar-refractivity contribution < 1.29 is 4.74 Å². The quantitative estimate of drug-likeness (QED) is 0.441. The Morgan fingerprint density at radius 3 is 2.91 bits per heavy atom. The van der Waals surface area contributed by atoms with E-state index >= 15 is 0 Å². The van der Waals surface area contributed by atoms with Crippen LogP contribution in [0.25, 0.3) is 0 Å². The van der Waals surface area contributed by atoms with Crippen molar-refractivity contribution in [3.63, 3.8) is 0 Å². The van der Waals surface area contributed by atoms with Crippen molar-refractivity contribution in [2.45, 2.75) is 39.0 Å². The van der Waals surface area contributed by atoms with Crippen LogP contribution in [0.5, 0.6) is 0 Å². The molecule has 3 unspecified atom stereocenters. The number of hydrogen-bond acceptors (Lipinski definition) is 4. The summed E-state index contributed by atoms with van der Waals surface area (Å²) in [6.45, 7) is 6.10. The molecule has 1 N–H and O–H groups in total. The summed E-state index contributed by atoms with van der Waals surface area (Å²) in [6.07, 6.45) is 3.09. The van der Waals surface area contributed by atoms with E-state index in [9.17, 15) is 0 Å². The molecule has 0 bridgehead atoms. The fourth-order valence-electron chi connectivity index (χ4n) is 3.85. The van der Waals surface area contributed by atoms with E-state index in [1.807, 2.05) is 21.1 Å². The van der Waals surface area contributed by atoms with Gasteiger partial charge in [0.2, 0.25) is 0 Å². The van der Waals surface area contributed by atoms with Crippen LogP contribution in [0.2, 0.25) is 0 Å². The van der Waals surface area contributed by atoms with Crippen molar-refractivity contribution >= 4 is 29.9 Å². The molecular formula is C15H27IN6O. The highest BCUT2D eigenvalue weighted by Gasteiger charge is 2.59. The molecule has 0 radical (unpaired) electrons. The molecule has 2 fully saturated rings. The Labute approximate surface area is 154 Å². The van der Waals surface area contributed by atoms with Gasteiger partial charge in [-0.1, -0.05) is 13.8 Å². The van der Waals surface area contributed by atoms with Gasteiger partial charge in [0.15, 0.2) is 5.96 Å². The highest BCUT2D eigenvalue weighted by Crippen LogP contribution is 2.52. The van der Waals surface area contributed by atoms with E-state index in [1.165, 1.54) is 0 Å². The lowest BCUT2D eigenvalue weighted by Crippen LogP contribution is -2.67. The molecule has 0 spiro atoms. The third-order valence-corrected chi connectivity index (χ3v) is 5.14. The minimum absolute atomic E-state index is 0. The van der Waals surface area contributed by atoms with E-state index in [0.29, 0.717) is 24.6 Å². The lowest BCUT2D eigenvalue weighted by Gasteiger charge is -2.55. The van der Waals surface area contributed by atoms with Gasteiger partial charge in [-0.15, -0.1) is 24.0 Å². The van der Waals surface area contributed by atoms with Gasteiger partial charge in [0, 0.05) is 45.1 Å². The monoisotopic (exact) mass is 434 g/mol. The molecule has 2 heterocycles. The average Bonchev–Trinajstić information content (AvgIpc) is 3.08. The summed E-state index contributed by atoms with van der Waals surface area (Å²) in [5.41, 5.74) is 0.142. The number of fused-ring (bicyclic) bond motifs is 1. The van der Waals surface area contributed by atoms with Crippen molar-refractivity contribution in [1.29, 1.82) is 0 Å². The second kappa shape index (κ2) is 6.92. The molecule has 1 aromatic heterocycles. The van der Waals surface area contributed by atoms with Gasteiger partial charge in [-0.3, -0.25) is 9.67 Å². The summed E-state index contributed by atoms with van der Waals surface area (Å²) in [5, 5.41) is 7.75. The number of halogens is 1. The van der Waals surface area contributed by atoms with Gasteiger partial charge in [-0.25, -0.2) is 4.98 Å². The van der Waals surface area contributed by atoms with Crippen LogP contribution in [0, 0.1) is 11.3 Å². The van der Waals surface area contributed by atoms with Gasteiger partial charge in [0.25, 0.3) is 0 Å². The van der Waals surface area contributed by atoms with Crippen LogP contribution in [0.4, 0.5) is 0 Å². The number of aliphatic imine (C=N–C) groups is 1. The highest BCUT2D eigenvalue weighted by molar-refractivity contribution is 14.0. The minimum atomic E-state index is 0. The smallest absolute Gasteiger partial charge is 0.194 e. The summed E-state index contributed by atoms with van der Waals surface area (Å²) < 4.78 is 7.65. The summed E-state index contributed by atoms with van der Waals surface area (Å²) in [7, 11) is 5.75. The Morgan fingerprint density at radius 1 is 1.57 bits per heavy atom. The summed E-state index contributed by atoms with van der Waals surface area (Å²) in [5.74, 6) is 2.40. The molecule has 0 aromatic carbocycles. The highest BCUT2D eigenvalue weighted by atomic mass is 127. The number of aryl methyl sites for hydroxylation is 1. The van der Waals surface area contributed by atoms with Gasteiger partial charge in [0.1, 0.15) is 12.2 Å². The van der Waals surface area contributed by atoms with E-state index < -0.39 is 0 Å². The van der Waals surface area contributed by atoms with Crippen molar-refractivity contribution in [1.82, 2.24) is 25.0 Å². The van der Waals surface area contributed by atoms with Crippen LogP contribution >= 0.6 is 24.0 Å². The number of guanidine groups is 1. The molecule has 1 saturated heterocycles. The van der Waals surface area contributed by atoms with E-state index in [-0.39, 0.29) is 29.4 Å². The normalized spacial score (nSPS) is 28.6. The van der Waals surface area contributed by atoms with E-state index in [1.54, 1.807) is 11.0 Å². The van der Waals surface area contributed by atoms with Gasteiger partial charge in [-0.2, -0.15) is 5.10 Å².